The van der Waals surface area contributed by atoms with E-state index in [9.17, 15) is 24.3 Å². The van der Waals surface area contributed by atoms with Gasteiger partial charge in [-0.25, -0.2) is 0 Å². The van der Waals surface area contributed by atoms with Gasteiger partial charge in [0.2, 0.25) is 0 Å². The lowest BCUT2D eigenvalue weighted by Gasteiger charge is -2.11. The molecule has 0 unspecified atom stereocenters. The average molecular weight is 461 g/mol. The van der Waals surface area contributed by atoms with Gasteiger partial charge < -0.3 is 19.4 Å². The van der Waals surface area contributed by atoms with Gasteiger partial charge in [0.1, 0.15) is 18.9 Å². The molecule has 2 aromatic rings. The van der Waals surface area contributed by atoms with Crippen molar-refractivity contribution >= 4 is 52.5 Å². The summed E-state index contributed by atoms with van der Waals surface area (Å²) < 4.78 is 10.1. The molecule has 0 spiro atoms. The summed E-state index contributed by atoms with van der Waals surface area (Å²) >= 11 is 6.97. The number of amides is 2. The van der Waals surface area contributed by atoms with E-state index in [1.165, 1.54) is 25.3 Å². The van der Waals surface area contributed by atoms with Crippen LogP contribution in [-0.4, -0.2) is 41.6 Å². The van der Waals surface area contributed by atoms with Crippen LogP contribution in [0.1, 0.15) is 21.5 Å². The molecule has 8 nitrogen and oxygen atoms in total. The number of hydrogen-bond donors (Lipinski definition) is 0. The second kappa shape index (κ2) is 9.67. The van der Waals surface area contributed by atoms with E-state index in [4.69, 9.17) is 16.3 Å². The zero-order chi connectivity index (χ0) is 22.5. The quantitative estimate of drug-likeness (QED) is 0.457. The Bertz CT molecular complexity index is 1100. The number of methoxy groups -OCH3 is 1. The molecule has 0 N–H and O–H groups in total. The topological polar surface area (TPSA) is 113 Å². The number of hydrogen-bond acceptors (Lipinski definition) is 8. The Labute approximate surface area is 186 Å². The smallest absolute Gasteiger partial charge is 0.325 e. The van der Waals surface area contributed by atoms with Gasteiger partial charge in [0.25, 0.3) is 11.1 Å². The Hall–Kier alpha value is -3.30. The average Bonchev–Trinajstić information content (AvgIpc) is 3.00. The summed E-state index contributed by atoms with van der Waals surface area (Å²) in [6, 6.07) is 11.0. The summed E-state index contributed by atoms with van der Waals surface area (Å²) in [5, 5.41) is 10.6. The molecule has 10 heteroatoms. The number of benzene rings is 2. The second-order valence-corrected chi connectivity index (χ2v) is 7.71. The van der Waals surface area contributed by atoms with Crippen LogP contribution in [0.15, 0.2) is 47.4 Å². The van der Waals surface area contributed by atoms with Crippen LogP contribution in [0.2, 0.25) is 5.02 Å². The van der Waals surface area contributed by atoms with Crippen LogP contribution in [-0.2, 0) is 20.9 Å². The maximum Gasteiger partial charge on any atom is 0.325 e. The number of esters is 1. The molecule has 2 amide bonds. The second-order valence-electron chi connectivity index (χ2n) is 6.31. The number of halogens is 1. The summed E-state index contributed by atoms with van der Waals surface area (Å²) in [5.74, 6) is -2.21. The van der Waals surface area contributed by atoms with Crippen LogP contribution in [0.3, 0.4) is 0 Å². The number of carboxylic acids is 1. The Morgan fingerprint density at radius 2 is 1.97 bits per heavy atom. The van der Waals surface area contributed by atoms with Gasteiger partial charge in [0.05, 0.1) is 23.0 Å². The fourth-order valence-electron chi connectivity index (χ4n) is 2.65. The van der Waals surface area contributed by atoms with Crippen molar-refractivity contribution < 1.29 is 33.8 Å². The van der Waals surface area contributed by atoms with Crippen molar-refractivity contribution in [3.05, 3.63) is 69.1 Å². The van der Waals surface area contributed by atoms with Gasteiger partial charge in [0.15, 0.2) is 0 Å². The minimum Gasteiger partial charge on any atom is -0.545 e. The van der Waals surface area contributed by atoms with Crippen LogP contribution in [0.5, 0.6) is 5.75 Å². The highest BCUT2D eigenvalue weighted by molar-refractivity contribution is 8.18. The summed E-state index contributed by atoms with van der Waals surface area (Å²) in [6.45, 7) is -0.363. The first-order valence-corrected chi connectivity index (χ1v) is 10.0. The molecule has 1 heterocycles. The molecule has 2 aromatic carbocycles. The minimum absolute atomic E-state index is 0.0451. The SMILES string of the molecule is COC(=O)CN1C(=O)S/C(=C/c2ccc(OCc3cccc(C(=O)[O-])c3)c(Cl)c2)C1=O. The normalized spacial score (nSPS) is 14.8. The molecule has 0 aliphatic carbocycles. The van der Waals surface area contributed by atoms with E-state index >= 15 is 0 Å². The molecule has 160 valence electrons. The lowest BCUT2D eigenvalue weighted by Crippen LogP contribution is -2.34. The molecule has 1 saturated heterocycles. The standard InChI is InChI=1S/C21H16ClNO7S/c1-29-18(24)10-23-19(25)17(31-21(23)28)9-12-5-6-16(15(22)8-12)30-11-13-3-2-4-14(7-13)20(26)27/h2-9H,10-11H2,1H3,(H,26,27)/p-1/b17-9+. The Balaban J connectivity index is 1.70. The molecule has 3 rings (SSSR count). The molecule has 0 aromatic heterocycles. The molecular formula is C21H15ClNO7S-. The number of thioether (sulfide) groups is 1. The maximum atomic E-state index is 12.4. The zero-order valence-electron chi connectivity index (χ0n) is 16.1. The molecule has 1 aliphatic heterocycles. The van der Waals surface area contributed by atoms with Crippen molar-refractivity contribution in [3.63, 3.8) is 0 Å². The highest BCUT2D eigenvalue weighted by atomic mass is 35.5. The molecule has 0 atom stereocenters. The summed E-state index contributed by atoms with van der Waals surface area (Å²) in [5.41, 5.74) is 1.23. The Kier molecular flexibility index (Phi) is 6.98. The predicted molar refractivity (Wildman–Crippen MR) is 111 cm³/mol. The van der Waals surface area contributed by atoms with Gasteiger partial charge in [-0.3, -0.25) is 19.3 Å². The summed E-state index contributed by atoms with van der Waals surface area (Å²) in [7, 11) is 1.17. The first kappa shape index (κ1) is 22.4. The van der Waals surface area contributed by atoms with Gasteiger partial charge in [0, 0.05) is 0 Å². The molecule has 0 saturated carbocycles. The zero-order valence-corrected chi connectivity index (χ0v) is 17.7. The van der Waals surface area contributed by atoms with Gasteiger partial charge in [-0.05, 0) is 52.7 Å². The number of rotatable bonds is 7. The first-order valence-electron chi connectivity index (χ1n) is 8.83. The highest BCUT2D eigenvalue weighted by Crippen LogP contribution is 2.33. The number of carbonyl (C=O) groups excluding carboxylic acids is 4. The van der Waals surface area contributed by atoms with Gasteiger partial charge in [-0.2, -0.15) is 0 Å². The van der Waals surface area contributed by atoms with E-state index in [1.807, 2.05) is 0 Å². The van der Waals surface area contributed by atoms with E-state index in [2.05, 4.69) is 4.74 Å². The number of carbonyl (C=O) groups is 4. The van der Waals surface area contributed by atoms with Crippen molar-refractivity contribution in [1.82, 2.24) is 4.90 Å². The van der Waals surface area contributed by atoms with E-state index in [0.29, 0.717) is 28.6 Å². The molecular weight excluding hydrogens is 446 g/mol. The molecule has 0 radical (unpaired) electrons. The molecule has 0 bridgehead atoms. The van der Waals surface area contributed by atoms with Crippen molar-refractivity contribution in [2.24, 2.45) is 0 Å². The van der Waals surface area contributed by atoms with Crippen molar-refractivity contribution in [1.29, 1.82) is 0 Å². The summed E-state index contributed by atoms with van der Waals surface area (Å²) in [6.07, 6.45) is 1.49. The Morgan fingerprint density at radius 3 is 2.65 bits per heavy atom. The van der Waals surface area contributed by atoms with Crippen molar-refractivity contribution in [3.8, 4) is 5.75 Å². The van der Waals surface area contributed by atoms with Gasteiger partial charge in [-0.15, -0.1) is 0 Å². The number of nitrogens with zero attached hydrogens (tertiary/aromatic N) is 1. The van der Waals surface area contributed by atoms with Crippen LogP contribution < -0.4 is 9.84 Å². The highest BCUT2D eigenvalue weighted by Gasteiger charge is 2.36. The van der Waals surface area contributed by atoms with E-state index in [1.54, 1.807) is 30.3 Å². The van der Waals surface area contributed by atoms with Crippen LogP contribution >= 0.6 is 23.4 Å². The van der Waals surface area contributed by atoms with E-state index in [0.717, 1.165) is 4.90 Å². The van der Waals surface area contributed by atoms with Crippen LogP contribution in [0.4, 0.5) is 4.79 Å². The number of ether oxygens (including phenoxy) is 2. The van der Waals surface area contributed by atoms with Crippen LogP contribution in [0.25, 0.3) is 6.08 Å². The van der Waals surface area contributed by atoms with E-state index < -0.39 is 29.6 Å². The minimum atomic E-state index is -1.28. The van der Waals surface area contributed by atoms with Crippen LogP contribution in [0, 0.1) is 0 Å². The fourth-order valence-corrected chi connectivity index (χ4v) is 3.74. The van der Waals surface area contributed by atoms with Gasteiger partial charge in [-0.1, -0.05) is 35.9 Å². The summed E-state index contributed by atoms with van der Waals surface area (Å²) in [4.78, 5) is 47.6. The van der Waals surface area contributed by atoms with Crippen molar-refractivity contribution in [2.75, 3.05) is 13.7 Å². The first-order chi connectivity index (χ1) is 14.8. The van der Waals surface area contributed by atoms with Crippen molar-refractivity contribution in [2.45, 2.75) is 6.61 Å². The predicted octanol–water partition coefficient (Wildman–Crippen LogP) is 2.49. The number of imide groups is 1. The fraction of sp³-hybridized carbons (Fsp3) is 0.143. The van der Waals surface area contributed by atoms with Gasteiger partial charge >= 0.3 is 5.97 Å². The largest absolute Gasteiger partial charge is 0.545 e. The molecule has 1 aliphatic rings. The molecule has 1 fully saturated rings. The number of aromatic carboxylic acids is 1. The lowest BCUT2D eigenvalue weighted by atomic mass is 10.1. The maximum absolute atomic E-state index is 12.4. The van der Waals surface area contributed by atoms with E-state index in [-0.39, 0.29) is 22.1 Å². The Morgan fingerprint density at radius 1 is 1.19 bits per heavy atom. The number of carboxylic acid groups (broad SMARTS) is 1. The molecule has 31 heavy (non-hydrogen) atoms. The third-order valence-corrected chi connectivity index (χ3v) is 5.40. The third kappa shape index (κ3) is 5.44. The lowest BCUT2D eigenvalue weighted by molar-refractivity contribution is -0.255. The third-order valence-electron chi connectivity index (χ3n) is 4.20. The monoisotopic (exact) mass is 460 g/mol.